The third-order valence-corrected chi connectivity index (χ3v) is 2.07. The van der Waals surface area contributed by atoms with Crippen molar-refractivity contribution in [1.82, 2.24) is 0 Å². The van der Waals surface area contributed by atoms with Crippen LogP contribution in [-0.4, -0.2) is 22.6 Å². The number of carbonyl (C=O) groups is 1. The van der Waals surface area contributed by atoms with Gasteiger partial charge in [0.25, 0.3) is 0 Å². The lowest BCUT2D eigenvalue weighted by molar-refractivity contribution is -0.116. The van der Waals surface area contributed by atoms with Crippen molar-refractivity contribution in [3.63, 3.8) is 0 Å². The average Bonchev–Trinajstić information content (AvgIpc) is 1.84. The van der Waals surface area contributed by atoms with Crippen LogP contribution < -0.4 is 0 Å². The second-order valence-electron chi connectivity index (χ2n) is 2.05. The van der Waals surface area contributed by atoms with Gasteiger partial charge in [-0.25, -0.2) is 0 Å². The Morgan fingerprint density at radius 3 is 2.11 bits per heavy atom. The summed E-state index contributed by atoms with van der Waals surface area (Å²) in [5.41, 5.74) is 0. The minimum atomic E-state index is -0.523. The molecular weight excluding hydrogens is 136 g/mol. The predicted molar refractivity (Wildman–Crippen MR) is 39.4 cm³/mol. The Kier molecular flexibility index (Phi) is 3.89. The van der Waals surface area contributed by atoms with E-state index in [4.69, 9.17) is 5.11 Å². The molecule has 0 radical (unpaired) electrons. The van der Waals surface area contributed by atoms with Crippen LogP contribution in [0.2, 0.25) is 0 Å². The first-order chi connectivity index (χ1) is 4.09. The van der Waals surface area contributed by atoms with Crippen molar-refractivity contribution in [2.45, 2.75) is 20.0 Å². The molecule has 3 heteroatoms. The zero-order valence-electron chi connectivity index (χ0n) is 5.92. The SMILES string of the molecule is CSC(=O)C(C)C(C)O. The number of aliphatic hydroxyl groups excluding tert-OH is 1. The highest BCUT2D eigenvalue weighted by Gasteiger charge is 2.16. The molecule has 54 valence electrons. The Morgan fingerprint density at radius 1 is 1.56 bits per heavy atom. The monoisotopic (exact) mass is 148 g/mol. The van der Waals surface area contributed by atoms with Crippen LogP contribution in [-0.2, 0) is 4.79 Å². The number of rotatable bonds is 2. The highest BCUT2D eigenvalue weighted by atomic mass is 32.2. The van der Waals surface area contributed by atoms with E-state index in [1.807, 2.05) is 0 Å². The molecule has 0 saturated carbocycles. The molecule has 0 aromatic heterocycles. The van der Waals surface area contributed by atoms with E-state index in [-0.39, 0.29) is 11.0 Å². The van der Waals surface area contributed by atoms with Crippen LogP contribution in [0.4, 0.5) is 0 Å². The summed E-state index contributed by atoms with van der Waals surface area (Å²) in [6, 6.07) is 0. The van der Waals surface area contributed by atoms with E-state index >= 15 is 0 Å². The summed E-state index contributed by atoms with van der Waals surface area (Å²) in [7, 11) is 0. The highest BCUT2D eigenvalue weighted by Crippen LogP contribution is 2.10. The minimum Gasteiger partial charge on any atom is -0.393 e. The van der Waals surface area contributed by atoms with E-state index in [1.165, 1.54) is 0 Å². The van der Waals surface area contributed by atoms with E-state index in [0.717, 1.165) is 11.8 Å². The molecule has 0 heterocycles. The van der Waals surface area contributed by atoms with Crippen molar-refractivity contribution in [2.75, 3.05) is 6.26 Å². The Bertz CT molecular complexity index is 101. The normalized spacial score (nSPS) is 16.9. The van der Waals surface area contributed by atoms with Gasteiger partial charge in [-0.15, -0.1) is 0 Å². The number of aliphatic hydroxyl groups is 1. The Morgan fingerprint density at radius 2 is 2.00 bits per heavy atom. The van der Waals surface area contributed by atoms with Gasteiger partial charge in [0.1, 0.15) is 0 Å². The molecule has 0 aromatic rings. The molecule has 0 aliphatic rings. The summed E-state index contributed by atoms with van der Waals surface area (Å²) < 4.78 is 0. The van der Waals surface area contributed by atoms with Gasteiger partial charge in [-0.3, -0.25) is 4.79 Å². The van der Waals surface area contributed by atoms with Crippen LogP contribution in [0.5, 0.6) is 0 Å². The second kappa shape index (κ2) is 3.90. The first kappa shape index (κ1) is 8.98. The van der Waals surface area contributed by atoms with Gasteiger partial charge in [-0.05, 0) is 13.2 Å². The lowest BCUT2D eigenvalue weighted by Crippen LogP contribution is -2.19. The molecule has 0 aromatic carbocycles. The van der Waals surface area contributed by atoms with Gasteiger partial charge in [-0.1, -0.05) is 18.7 Å². The molecule has 0 aliphatic carbocycles. The first-order valence-electron chi connectivity index (χ1n) is 2.85. The summed E-state index contributed by atoms with van der Waals surface area (Å²) in [4.78, 5) is 10.8. The maximum Gasteiger partial charge on any atom is 0.194 e. The number of hydrogen-bond donors (Lipinski definition) is 1. The van der Waals surface area contributed by atoms with Crippen molar-refractivity contribution < 1.29 is 9.90 Å². The molecule has 0 fully saturated rings. The van der Waals surface area contributed by atoms with Gasteiger partial charge in [0.15, 0.2) is 5.12 Å². The molecule has 2 nitrogen and oxygen atoms in total. The van der Waals surface area contributed by atoms with Crippen molar-refractivity contribution in [3.8, 4) is 0 Å². The summed E-state index contributed by atoms with van der Waals surface area (Å²) in [5.74, 6) is -0.236. The Balaban J connectivity index is 3.72. The van der Waals surface area contributed by atoms with Gasteiger partial charge < -0.3 is 5.11 Å². The van der Waals surface area contributed by atoms with E-state index < -0.39 is 6.10 Å². The molecule has 2 atom stereocenters. The van der Waals surface area contributed by atoms with Crippen LogP contribution in [0.1, 0.15) is 13.8 Å². The van der Waals surface area contributed by atoms with Crippen molar-refractivity contribution in [2.24, 2.45) is 5.92 Å². The molecule has 2 unspecified atom stereocenters. The fourth-order valence-corrected chi connectivity index (χ4v) is 0.952. The van der Waals surface area contributed by atoms with E-state index in [1.54, 1.807) is 20.1 Å². The summed E-state index contributed by atoms with van der Waals surface area (Å²) in [6.07, 6.45) is 1.20. The molecule has 0 bridgehead atoms. The first-order valence-corrected chi connectivity index (χ1v) is 4.08. The molecule has 0 rings (SSSR count). The average molecular weight is 148 g/mol. The quantitative estimate of drug-likeness (QED) is 0.632. The van der Waals surface area contributed by atoms with Gasteiger partial charge in [0, 0.05) is 0 Å². The zero-order chi connectivity index (χ0) is 7.44. The van der Waals surface area contributed by atoms with Crippen LogP contribution in [0.3, 0.4) is 0 Å². The third-order valence-electron chi connectivity index (χ3n) is 1.30. The zero-order valence-corrected chi connectivity index (χ0v) is 6.73. The maximum atomic E-state index is 10.8. The molecule has 0 spiro atoms. The van der Waals surface area contributed by atoms with E-state index in [0.29, 0.717) is 0 Å². The number of thioether (sulfide) groups is 1. The van der Waals surface area contributed by atoms with Crippen molar-refractivity contribution in [1.29, 1.82) is 0 Å². The van der Waals surface area contributed by atoms with E-state index in [2.05, 4.69) is 0 Å². The standard InChI is InChI=1S/C6H12O2S/c1-4(5(2)7)6(8)9-3/h4-5,7H,1-3H3. The fourth-order valence-electron chi connectivity index (χ4n) is 0.383. The topological polar surface area (TPSA) is 37.3 Å². The minimum absolute atomic E-state index is 0.0463. The van der Waals surface area contributed by atoms with Crippen molar-refractivity contribution >= 4 is 16.9 Å². The highest BCUT2D eigenvalue weighted by molar-refractivity contribution is 8.13. The van der Waals surface area contributed by atoms with Gasteiger partial charge in [-0.2, -0.15) is 0 Å². The van der Waals surface area contributed by atoms with Crippen LogP contribution in [0.25, 0.3) is 0 Å². The summed E-state index contributed by atoms with van der Waals surface area (Å²) in [5, 5.41) is 8.93. The Labute approximate surface area is 59.6 Å². The van der Waals surface area contributed by atoms with Gasteiger partial charge in [0.2, 0.25) is 0 Å². The number of hydrogen-bond acceptors (Lipinski definition) is 3. The molecule has 9 heavy (non-hydrogen) atoms. The van der Waals surface area contributed by atoms with Gasteiger partial charge >= 0.3 is 0 Å². The van der Waals surface area contributed by atoms with Crippen molar-refractivity contribution in [3.05, 3.63) is 0 Å². The number of carbonyl (C=O) groups excluding carboxylic acids is 1. The molecule has 0 saturated heterocycles. The molecule has 0 aliphatic heterocycles. The lowest BCUT2D eigenvalue weighted by Gasteiger charge is -2.10. The van der Waals surface area contributed by atoms with Crippen LogP contribution >= 0.6 is 11.8 Å². The van der Waals surface area contributed by atoms with Crippen LogP contribution in [0.15, 0.2) is 0 Å². The van der Waals surface area contributed by atoms with Gasteiger partial charge in [0.05, 0.1) is 12.0 Å². The smallest absolute Gasteiger partial charge is 0.194 e. The lowest BCUT2D eigenvalue weighted by atomic mass is 10.1. The third kappa shape index (κ3) is 2.87. The maximum absolute atomic E-state index is 10.8. The Hall–Kier alpha value is -0.0200. The molecule has 1 N–H and O–H groups in total. The van der Waals surface area contributed by atoms with E-state index in [9.17, 15) is 4.79 Å². The largest absolute Gasteiger partial charge is 0.393 e. The van der Waals surface area contributed by atoms with Crippen LogP contribution in [0, 0.1) is 5.92 Å². The second-order valence-corrected chi connectivity index (χ2v) is 2.86. The predicted octanol–water partition coefficient (Wildman–Crippen LogP) is 0.893. The molecule has 0 amide bonds. The molecular formula is C6H12O2S. The summed E-state index contributed by atoms with van der Waals surface area (Å²) >= 11 is 1.16. The summed E-state index contributed by atoms with van der Waals surface area (Å²) in [6.45, 7) is 3.35. The fraction of sp³-hybridized carbons (Fsp3) is 0.833.